The van der Waals surface area contributed by atoms with Gasteiger partial charge in [0.25, 0.3) is 0 Å². The molecular weight excluding hydrogens is 402 g/mol. The van der Waals surface area contributed by atoms with Crippen LogP contribution in [0.25, 0.3) is 16.7 Å². The highest BCUT2D eigenvalue weighted by molar-refractivity contribution is 5.79. The van der Waals surface area contributed by atoms with E-state index in [4.69, 9.17) is 9.47 Å². The molecule has 6 nitrogen and oxygen atoms in total. The maximum atomic E-state index is 12.9. The lowest BCUT2D eigenvalue weighted by Gasteiger charge is -2.26. The zero-order valence-electron chi connectivity index (χ0n) is 18.8. The Balaban J connectivity index is 1.47. The summed E-state index contributed by atoms with van der Waals surface area (Å²) in [5.41, 5.74) is 5.02. The molecule has 0 aliphatic rings. The van der Waals surface area contributed by atoms with Gasteiger partial charge in [0.15, 0.2) is 11.5 Å². The number of hydrogen-bond donors (Lipinski definition) is 0. The Morgan fingerprint density at radius 1 is 1.00 bits per heavy atom. The normalized spacial score (nSPS) is 11.9. The molecule has 164 valence electrons. The minimum absolute atomic E-state index is 0.0365. The zero-order chi connectivity index (χ0) is 22.7. The van der Waals surface area contributed by atoms with Crippen molar-refractivity contribution in [3.63, 3.8) is 0 Å². The van der Waals surface area contributed by atoms with E-state index in [1.165, 1.54) is 0 Å². The number of ether oxygens (including phenoxy) is 2. The van der Waals surface area contributed by atoms with Crippen LogP contribution in [0.4, 0.5) is 0 Å². The molecule has 0 saturated carbocycles. The summed E-state index contributed by atoms with van der Waals surface area (Å²) in [7, 11) is 5.03. The van der Waals surface area contributed by atoms with E-state index in [0.29, 0.717) is 17.9 Å². The molecule has 1 aromatic heterocycles. The van der Waals surface area contributed by atoms with Crippen LogP contribution >= 0.6 is 0 Å². The summed E-state index contributed by atoms with van der Waals surface area (Å²) >= 11 is 0. The lowest BCUT2D eigenvalue weighted by molar-refractivity contribution is -0.131. The average molecular weight is 430 g/mol. The van der Waals surface area contributed by atoms with Crippen LogP contribution < -0.4 is 9.47 Å². The average Bonchev–Trinajstić information content (AvgIpc) is 3.27. The second-order valence-electron chi connectivity index (χ2n) is 7.74. The fraction of sp³-hybridized carbons (Fsp3) is 0.231. The van der Waals surface area contributed by atoms with Crippen LogP contribution in [0.5, 0.6) is 11.5 Å². The van der Waals surface area contributed by atoms with E-state index in [2.05, 4.69) is 39.9 Å². The van der Waals surface area contributed by atoms with E-state index in [1.54, 1.807) is 19.1 Å². The number of rotatable bonds is 7. The number of nitrogens with zero attached hydrogens (tertiary/aromatic N) is 3. The Bertz CT molecular complexity index is 1230. The molecule has 1 atom stereocenters. The van der Waals surface area contributed by atoms with Gasteiger partial charge in [0.05, 0.1) is 37.7 Å². The minimum Gasteiger partial charge on any atom is -0.493 e. The number of imidazole rings is 1. The van der Waals surface area contributed by atoms with Crippen LogP contribution in [0.1, 0.15) is 24.1 Å². The van der Waals surface area contributed by atoms with Crippen molar-refractivity contribution in [1.82, 2.24) is 14.5 Å². The van der Waals surface area contributed by atoms with Gasteiger partial charge in [0, 0.05) is 12.7 Å². The molecule has 0 bridgehead atoms. The van der Waals surface area contributed by atoms with E-state index in [-0.39, 0.29) is 11.9 Å². The third kappa shape index (κ3) is 4.17. The molecule has 0 radical (unpaired) electrons. The van der Waals surface area contributed by atoms with Gasteiger partial charge in [0.2, 0.25) is 5.91 Å². The largest absolute Gasteiger partial charge is 0.493 e. The smallest absolute Gasteiger partial charge is 0.227 e. The van der Waals surface area contributed by atoms with E-state index in [9.17, 15) is 4.79 Å². The van der Waals surface area contributed by atoms with Gasteiger partial charge in [0.1, 0.15) is 6.33 Å². The maximum Gasteiger partial charge on any atom is 0.227 e. The molecule has 0 saturated heterocycles. The van der Waals surface area contributed by atoms with Gasteiger partial charge in [-0.15, -0.1) is 0 Å². The van der Waals surface area contributed by atoms with Gasteiger partial charge in [-0.25, -0.2) is 4.98 Å². The Morgan fingerprint density at radius 3 is 2.44 bits per heavy atom. The summed E-state index contributed by atoms with van der Waals surface area (Å²) in [6.45, 7) is 2.04. The molecule has 4 rings (SSSR count). The van der Waals surface area contributed by atoms with Crippen molar-refractivity contribution in [2.45, 2.75) is 19.4 Å². The first-order valence-corrected chi connectivity index (χ1v) is 10.5. The van der Waals surface area contributed by atoms with Crippen molar-refractivity contribution in [2.24, 2.45) is 0 Å². The van der Waals surface area contributed by atoms with E-state index in [0.717, 1.165) is 27.8 Å². The SMILES string of the molecule is COc1ccc(CC(=O)N(C)[C@H](C)c2ccc(-n3cnc4ccccc43)cc2)cc1OC. The number of carbonyl (C=O) groups is 1. The Labute approximate surface area is 188 Å². The molecule has 1 amide bonds. The maximum absolute atomic E-state index is 12.9. The summed E-state index contributed by atoms with van der Waals surface area (Å²) in [5.74, 6) is 1.31. The lowest BCUT2D eigenvalue weighted by atomic mass is 10.0. The third-order valence-corrected chi connectivity index (χ3v) is 5.88. The van der Waals surface area contributed by atoms with Gasteiger partial charge >= 0.3 is 0 Å². The molecule has 0 aliphatic carbocycles. The topological polar surface area (TPSA) is 56.6 Å². The highest BCUT2D eigenvalue weighted by atomic mass is 16.5. The Kier molecular flexibility index (Phi) is 6.12. The standard InChI is InChI=1S/C26H27N3O3/c1-18(28(2)26(30)16-19-9-14-24(31-3)25(15-19)32-4)20-10-12-21(13-11-20)29-17-27-22-7-5-6-8-23(22)29/h5-15,17-18H,16H2,1-4H3/t18-/m1/s1. The van der Waals surface area contributed by atoms with Gasteiger partial charge in [-0.1, -0.05) is 30.3 Å². The number of benzene rings is 3. The van der Waals surface area contributed by atoms with Crippen molar-refractivity contribution in [3.8, 4) is 17.2 Å². The quantitative estimate of drug-likeness (QED) is 0.423. The van der Waals surface area contributed by atoms with Crippen molar-refractivity contribution in [1.29, 1.82) is 0 Å². The summed E-state index contributed by atoms with van der Waals surface area (Å²) < 4.78 is 12.7. The second-order valence-corrected chi connectivity index (χ2v) is 7.74. The highest BCUT2D eigenvalue weighted by Crippen LogP contribution is 2.28. The number of hydrogen-bond acceptors (Lipinski definition) is 4. The predicted octanol–water partition coefficient (Wildman–Crippen LogP) is 4.80. The van der Waals surface area contributed by atoms with Crippen LogP contribution in [0.15, 0.2) is 73.1 Å². The monoisotopic (exact) mass is 429 g/mol. The summed E-state index contributed by atoms with van der Waals surface area (Å²) in [6.07, 6.45) is 2.13. The Morgan fingerprint density at radius 2 is 1.72 bits per heavy atom. The van der Waals surface area contributed by atoms with E-state index < -0.39 is 0 Å². The highest BCUT2D eigenvalue weighted by Gasteiger charge is 2.19. The molecular formula is C26H27N3O3. The predicted molar refractivity (Wildman–Crippen MR) is 126 cm³/mol. The number of amides is 1. The molecule has 0 N–H and O–H groups in total. The summed E-state index contributed by atoms with van der Waals surface area (Å²) in [6, 6.07) is 21.8. The van der Waals surface area contributed by atoms with Crippen LogP contribution in [-0.2, 0) is 11.2 Å². The number of para-hydroxylation sites is 2. The molecule has 1 heterocycles. The van der Waals surface area contributed by atoms with Gasteiger partial charge in [-0.2, -0.15) is 0 Å². The van der Waals surface area contributed by atoms with Crippen LogP contribution in [0.3, 0.4) is 0 Å². The molecule has 0 unspecified atom stereocenters. The fourth-order valence-corrected chi connectivity index (χ4v) is 3.81. The Hall–Kier alpha value is -3.80. The van der Waals surface area contributed by atoms with Crippen molar-refractivity contribution in [3.05, 3.63) is 84.2 Å². The number of aromatic nitrogens is 2. The summed E-state index contributed by atoms with van der Waals surface area (Å²) in [4.78, 5) is 19.2. The van der Waals surface area contributed by atoms with Gasteiger partial charge in [-0.05, 0) is 54.4 Å². The number of methoxy groups -OCH3 is 2. The molecule has 0 fully saturated rings. The van der Waals surface area contributed by atoms with E-state index >= 15 is 0 Å². The van der Waals surface area contributed by atoms with Crippen molar-refractivity contribution < 1.29 is 14.3 Å². The minimum atomic E-state index is -0.0591. The van der Waals surface area contributed by atoms with Crippen LogP contribution in [-0.4, -0.2) is 41.6 Å². The molecule has 0 aliphatic heterocycles. The second kappa shape index (κ2) is 9.14. The first-order valence-electron chi connectivity index (χ1n) is 10.5. The van der Waals surface area contributed by atoms with Crippen molar-refractivity contribution >= 4 is 16.9 Å². The van der Waals surface area contributed by atoms with Crippen LogP contribution in [0.2, 0.25) is 0 Å². The van der Waals surface area contributed by atoms with Crippen molar-refractivity contribution in [2.75, 3.05) is 21.3 Å². The van der Waals surface area contributed by atoms with E-state index in [1.807, 2.05) is 56.7 Å². The molecule has 3 aromatic carbocycles. The zero-order valence-corrected chi connectivity index (χ0v) is 18.8. The third-order valence-electron chi connectivity index (χ3n) is 5.88. The molecule has 4 aromatic rings. The first-order chi connectivity index (χ1) is 15.5. The lowest BCUT2D eigenvalue weighted by Crippen LogP contribution is -2.31. The number of likely N-dealkylation sites (N-methyl/N-ethyl adjacent to an activating group) is 1. The first kappa shape index (κ1) is 21.4. The fourth-order valence-electron chi connectivity index (χ4n) is 3.81. The van der Waals surface area contributed by atoms with Gasteiger partial charge < -0.3 is 14.4 Å². The molecule has 32 heavy (non-hydrogen) atoms. The summed E-state index contributed by atoms with van der Waals surface area (Å²) in [5, 5.41) is 0. The van der Waals surface area contributed by atoms with Crippen LogP contribution in [0, 0.1) is 0 Å². The molecule has 6 heteroatoms. The van der Waals surface area contributed by atoms with Gasteiger partial charge in [-0.3, -0.25) is 9.36 Å². The number of carbonyl (C=O) groups excluding carboxylic acids is 1. The number of fused-ring (bicyclic) bond motifs is 1. The molecule has 0 spiro atoms.